The second-order valence-corrected chi connectivity index (χ2v) is 4.71. The molecule has 0 radical (unpaired) electrons. The fourth-order valence-electron chi connectivity index (χ4n) is 2.12. The van der Waals surface area contributed by atoms with Gasteiger partial charge in [-0.25, -0.2) is 0 Å². The van der Waals surface area contributed by atoms with Crippen molar-refractivity contribution in [3.63, 3.8) is 0 Å². The predicted octanol–water partition coefficient (Wildman–Crippen LogP) is 3.97. The van der Waals surface area contributed by atoms with Crippen molar-refractivity contribution in [1.29, 1.82) is 0 Å². The van der Waals surface area contributed by atoms with Crippen LogP contribution in [0.25, 0.3) is 22.8 Å². The van der Waals surface area contributed by atoms with Crippen LogP contribution in [0.15, 0.2) is 53.1 Å². The molecule has 1 heterocycles. The summed E-state index contributed by atoms with van der Waals surface area (Å²) in [7, 11) is 1.64. The third kappa shape index (κ3) is 2.79. The van der Waals surface area contributed by atoms with Crippen molar-refractivity contribution in [2.45, 2.75) is 13.3 Å². The second kappa shape index (κ2) is 5.79. The number of methoxy groups -OCH3 is 1. The molecule has 3 aromatic rings. The highest BCUT2D eigenvalue weighted by atomic mass is 16.5. The Morgan fingerprint density at radius 2 is 1.86 bits per heavy atom. The first-order chi connectivity index (χ1) is 10.3. The highest BCUT2D eigenvalue weighted by Crippen LogP contribution is 2.24. The number of benzene rings is 2. The summed E-state index contributed by atoms with van der Waals surface area (Å²) in [6.07, 6.45) is 0.979. The van der Waals surface area contributed by atoms with Gasteiger partial charge in [0.1, 0.15) is 5.75 Å². The van der Waals surface area contributed by atoms with Crippen molar-refractivity contribution in [2.75, 3.05) is 7.11 Å². The maximum atomic E-state index is 5.37. The normalized spacial score (nSPS) is 10.6. The van der Waals surface area contributed by atoms with E-state index in [1.165, 1.54) is 5.56 Å². The molecular formula is C17H16N2O2. The molecular weight excluding hydrogens is 264 g/mol. The van der Waals surface area contributed by atoms with E-state index in [9.17, 15) is 0 Å². The van der Waals surface area contributed by atoms with Gasteiger partial charge in [0.25, 0.3) is 5.89 Å². The molecule has 1 aromatic heterocycles. The number of aryl methyl sites for hydroxylation is 1. The van der Waals surface area contributed by atoms with Gasteiger partial charge >= 0.3 is 0 Å². The number of rotatable bonds is 4. The number of aromatic nitrogens is 2. The average molecular weight is 280 g/mol. The fourth-order valence-corrected chi connectivity index (χ4v) is 2.12. The highest BCUT2D eigenvalue weighted by molar-refractivity contribution is 5.60. The molecule has 0 bridgehead atoms. The van der Waals surface area contributed by atoms with Crippen molar-refractivity contribution in [1.82, 2.24) is 10.1 Å². The Kier molecular flexibility index (Phi) is 3.69. The molecule has 2 aromatic carbocycles. The molecule has 0 aliphatic heterocycles. The van der Waals surface area contributed by atoms with Crippen LogP contribution in [-0.2, 0) is 6.42 Å². The van der Waals surface area contributed by atoms with Gasteiger partial charge in [-0.3, -0.25) is 0 Å². The van der Waals surface area contributed by atoms with E-state index < -0.39 is 0 Å². The van der Waals surface area contributed by atoms with Gasteiger partial charge in [0.05, 0.1) is 7.11 Å². The Labute approximate surface area is 123 Å². The molecule has 21 heavy (non-hydrogen) atoms. The molecule has 4 heteroatoms. The summed E-state index contributed by atoms with van der Waals surface area (Å²) < 4.78 is 10.5. The van der Waals surface area contributed by atoms with E-state index >= 15 is 0 Å². The minimum absolute atomic E-state index is 0.538. The van der Waals surface area contributed by atoms with Crippen LogP contribution in [-0.4, -0.2) is 17.3 Å². The number of nitrogens with zero attached hydrogens (tertiary/aromatic N) is 2. The van der Waals surface area contributed by atoms with Gasteiger partial charge in [0, 0.05) is 11.1 Å². The Morgan fingerprint density at radius 1 is 1.05 bits per heavy atom. The van der Waals surface area contributed by atoms with Gasteiger partial charge in [-0.1, -0.05) is 24.2 Å². The van der Waals surface area contributed by atoms with Crippen molar-refractivity contribution in [3.05, 3.63) is 54.1 Å². The largest absolute Gasteiger partial charge is 0.497 e. The topological polar surface area (TPSA) is 48.2 Å². The van der Waals surface area contributed by atoms with Gasteiger partial charge in [-0.15, -0.1) is 0 Å². The van der Waals surface area contributed by atoms with E-state index in [1.54, 1.807) is 7.11 Å². The summed E-state index contributed by atoms with van der Waals surface area (Å²) in [4.78, 5) is 4.46. The minimum atomic E-state index is 0.538. The van der Waals surface area contributed by atoms with Crippen molar-refractivity contribution in [2.24, 2.45) is 0 Å². The average Bonchev–Trinajstić information content (AvgIpc) is 3.05. The van der Waals surface area contributed by atoms with Crippen LogP contribution in [0.5, 0.6) is 5.75 Å². The van der Waals surface area contributed by atoms with E-state index in [-0.39, 0.29) is 0 Å². The highest BCUT2D eigenvalue weighted by Gasteiger charge is 2.10. The summed E-state index contributed by atoms with van der Waals surface area (Å²) in [5.41, 5.74) is 3.09. The molecule has 0 N–H and O–H groups in total. The van der Waals surface area contributed by atoms with E-state index in [0.29, 0.717) is 11.7 Å². The summed E-state index contributed by atoms with van der Waals surface area (Å²) in [5, 5.41) is 4.05. The van der Waals surface area contributed by atoms with Crippen LogP contribution in [0, 0.1) is 0 Å². The zero-order chi connectivity index (χ0) is 14.7. The van der Waals surface area contributed by atoms with Crippen molar-refractivity contribution in [3.8, 4) is 28.6 Å². The van der Waals surface area contributed by atoms with Crippen molar-refractivity contribution < 1.29 is 9.26 Å². The summed E-state index contributed by atoms with van der Waals surface area (Å²) >= 11 is 0. The zero-order valence-electron chi connectivity index (χ0n) is 12.0. The molecule has 0 fully saturated rings. The Hall–Kier alpha value is -2.62. The van der Waals surface area contributed by atoms with Gasteiger partial charge in [-0.05, 0) is 48.4 Å². The maximum absolute atomic E-state index is 5.37. The third-order valence-corrected chi connectivity index (χ3v) is 3.36. The Bertz CT molecular complexity index is 733. The smallest absolute Gasteiger partial charge is 0.258 e. The lowest BCUT2D eigenvalue weighted by Crippen LogP contribution is -1.85. The molecule has 0 aliphatic rings. The number of hydrogen-bond acceptors (Lipinski definition) is 4. The number of hydrogen-bond donors (Lipinski definition) is 0. The SMILES string of the molecule is CCc1cccc(-c2nc(-c3ccc(OC)cc3)no2)c1. The molecule has 0 saturated carbocycles. The molecule has 0 atom stereocenters. The van der Waals surface area contributed by atoms with E-state index in [0.717, 1.165) is 23.3 Å². The summed E-state index contributed by atoms with van der Waals surface area (Å²) in [6, 6.07) is 15.7. The molecule has 0 spiro atoms. The Balaban J connectivity index is 1.91. The molecule has 3 rings (SSSR count). The lowest BCUT2D eigenvalue weighted by atomic mass is 10.1. The zero-order valence-corrected chi connectivity index (χ0v) is 12.0. The monoisotopic (exact) mass is 280 g/mol. The molecule has 0 saturated heterocycles. The van der Waals surface area contributed by atoms with E-state index in [4.69, 9.17) is 9.26 Å². The summed E-state index contributed by atoms with van der Waals surface area (Å²) in [5.74, 6) is 1.92. The van der Waals surface area contributed by atoms with Crippen LogP contribution in [0.1, 0.15) is 12.5 Å². The summed E-state index contributed by atoms with van der Waals surface area (Å²) in [6.45, 7) is 2.12. The lowest BCUT2D eigenvalue weighted by molar-refractivity contribution is 0.415. The Morgan fingerprint density at radius 3 is 2.57 bits per heavy atom. The fraction of sp³-hybridized carbons (Fsp3) is 0.176. The van der Waals surface area contributed by atoms with Crippen LogP contribution >= 0.6 is 0 Å². The quantitative estimate of drug-likeness (QED) is 0.725. The van der Waals surface area contributed by atoms with Crippen LogP contribution in [0.2, 0.25) is 0 Å². The van der Waals surface area contributed by atoms with Gasteiger partial charge < -0.3 is 9.26 Å². The van der Waals surface area contributed by atoms with Gasteiger partial charge in [0.15, 0.2) is 0 Å². The van der Waals surface area contributed by atoms with Crippen LogP contribution < -0.4 is 4.74 Å². The molecule has 0 unspecified atom stereocenters. The first-order valence-corrected chi connectivity index (χ1v) is 6.87. The molecule has 0 amide bonds. The van der Waals surface area contributed by atoms with Gasteiger partial charge in [0.2, 0.25) is 5.82 Å². The second-order valence-electron chi connectivity index (χ2n) is 4.71. The number of ether oxygens (including phenoxy) is 1. The molecule has 106 valence electrons. The van der Waals surface area contributed by atoms with E-state index in [1.807, 2.05) is 36.4 Å². The van der Waals surface area contributed by atoms with Crippen LogP contribution in [0.4, 0.5) is 0 Å². The minimum Gasteiger partial charge on any atom is -0.497 e. The third-order valence-electron chi connectivity index (χ3n) is 3.36. The van der Waals surface area contributed by atoms with Gasteiger partial charge in [-0.2, -0.15) is 4.98 Å². The standard InChI is InChI=1S/C17H16N2O2/c1-3-12-5-4-6-14(11-12)17-18-16(19-21-17)13-7-9-15(20-2)10-8-13/h4-11H,3H2,1-2H3. The molecule has 0 aliphatic carbocycles. The van der Waals surface area contributed by atoms with E-state index in [2.05, 4.69) is 29.2 Å². The predicted molar refractivity (Wildman–Crippen MR) is 81.1 cm³/mol. The van der Waals surface area contributed by atoms with Crippen LogP contribution in [0.3, 0.4) is 0 Å². The lowest BCUT2D eigenvalue weighted by Gasteiger charge is -1.99. The maximum Gasteiger partial charge on any atom is 0.258 e. The van der Waals surface area contributed by atoms with Crippen molar-refractivity contribution >= 4 is 0 Å². The first-order valence-electron chi connectivity index (χ1n) is 6.87. The molecule has 4 nitrogen and oxygen atoms in total. The first kappa shape index (κ1) is 13.4.